The predicted octanol–water partition coefficient (Wildman–Crippen LogP) is 0.885. The van der Waals surface area contributed by atoms with Crippen LogP contribution in [0.2, 0.25) is 0 Å². The van der Waals surface area contributed by atoms with E-state index in [0.29, 0.717) is 19.0 Å². The van der Waals surface area contributed by atoms with E-state index >= 15 is 0 Å². The van der Waals surface area contributed by atoms with E-state index in [0.717, 1.165) is 18.5 Å². The monoisotopic (exact) mass is 423 g/mol. The molecule has 2 aliphatic heterocycles. The van der Waals surface area contributed by atoms with Crippen LogP contribution >= 0.6 is 0 Å². The molecule has 3 aliphatic rings. The van der Waals surface area contributed by atoms with Gasteiger partial charge in [0.1, 0.15) is 24.0 Å². The molecule has 6 rings (SSSR count). The standard InChI is InChI=1S/C20H21N7O4/c28-19(12-1-2-12)22-15-9-29-18-16(10-30-17(15)18)27-20(23-24-25-27)31-14-5-3-13(4-6-14)26-8-7-21-11-26/h3-8,11-12,15-18H,1-2,9-10H2,(H,22,28)/t15-,16-,17+,18+/m0/s1. The molecule has 3 aromatic rings. The number of tetrazole rings is 1. The number of hydrogen-bond acceptors (Lipinski definition) is 8. The minimum atomic E-state index is -0.251. The second kappa shape index (κ2) is 7.43. The van der Waals surface area contributed by atoms with Crippen molar-refractivity contribution in [1.29, 1.82) is 0 Å². The smallest absolute Gasteiger partial charge is 0.341 e. The van der Waals surface area contributed by atoms with E-state index in [-0.39, 0.29) is 42.1 Å². The summed E-state index contributed by atoms with van der Waals surface area (Å²) in [4.78, 5) is 16.2. The van der Waals surface area contributed by atoms with Crippen LogP contribution < -0.4 is 10.1 Å². The molecule has 11 heteroatoms. The van der Waals surface area contributed by atoms with Crippen LogP contribution in [0, 0.1) is 5.92 Å². The first-order valence-electron chi connectivity index (χ1n) is 10.3. The number of aromatic nitrogens is 6. The van der Waals surface area contributed by atoms with E-state index in [2.05, 4.69) is 25.8 Å². The van der Waals surface area contributed by atoms with Gasteiger partial charge in [0.25, 0.3) is 0 Å². The SMILES string of the molecule is O=C(N[C@H]1CO[C@H]2[C@@H]1OC[C@@H]2n1nnnc1Oc1ccc(-n2ccnc2)cc1)C1CC1. The number of carbonyl (C=O) groups excluding carboxylic acids is 1. The largest absolute Gasteiger partial charge is 0.423 e. The zero-order valence-corrected chi connectivity index (χ0v) is 16.6. The van der Waals surface area contributed by atoms with Gasteiger partial charge in [0, 0.05) is 24.0 Å². The van der Waals surface area contributed by atoms with E-state index in [1.165, 1.54) is 0 Å². The second-order valence-electron chi connectivity index (χ2n) is 8.02. The third kappa shape index (κ3) is 3.45. The Morgan fingerprint density at radius 3 is 2.74 bits per heavy atom. The molecule has 1 aliphatic carbocycles. The summed E-state index contributed by atoms with van der Waals surface area (Å²) in [5, 5.41) is 15.0. The molecule has 1 saturated carbocycles. The van der Waals surface area contributed by atoms with Crippen LogP contribution in [0.25, 0.3) is 5.69 Å². The number of imidazole rings is 1. The normalized spacial score (nSPS) is 27.2. The van der Waals surface area contributed by atoms with Gasteiger partial charge in [-0.05, 0) is 47.5 Å². The summed E-state index contributed by atoms with van der Waals surface area (Å²) in [5.74, 6) is 0.847. The molecule has 3 fully saturated rings. The van der Waals surface area contributed by atoms with E-state index < -0.39 is 0 Å². The maximum absolute atomic E-state index is 12.1. The number of nitrogens with zero attached hydrogens (tertiary/aromatic N) is 6. The summed E-state index contributed by atoms with van der Waals surface area (Å²) in [6.45, 7) is 0.796. The van der Waals surface area contributed by atoms with Crippen LogP contribution in [0.15, 0.2) is 43.0 Å². The molecular formula is C20H21N7O4. The van der Waals surface area contributed by atoms with Crippen molar-refractivity contribution in [2.75, 3.05) is 13.2 Å². The van der Waals surface area contributed by atoms with Crippen molar-refractivity contribution in [1.82, 2.24) is 35.1 Å². The lowest BCUT2D eigenvalue weighted by Gasteiger charge is -2.18. The molecule has 0 radical (unpaired) electrons. The molecule has 31 heavy (non-hydrogen) atoms. The van der Waals surface area contributed by atoms with Gasteiger partial charge in [0.2, 0.25) is 5.91 Å². The minimum Gasteiger partial charge on any atom is -0.423 e. The fourth-order valence-electron chi connectivity index (χ4n) is 4.12. The quantitative estimate of drug-likeness (QED) is 0.621. The van der Waals surface area contributed by atoms with E-state index in [9.17, 15) is 4.79 Å². The summed E-state index contributed by atoms with van der Waals surface area (Å²) in [7, 11) is 0. The highest BCUT2D eigenvalue weighted by Crippen LogP contribution is 2.37. The second-order valence-corrected chi connectivity index (χ2v) is 8.02. The molecule has 1 N–H and O–H groups in total. The van der Waals surface area contributed by atoms with Crippen LogP contribution in [0.1, 0.15) is 18.9 Å². The summed E-state index contributed by atoms with van der Waals surface area (Å²) < 4.78 is 21.4. The Labute approximate surface area is 177 Å². The Hall–Kier alpha value is -3.31. The Kier molecular flexibility index (Phi) is 4.42. The molecule has 0 bridgehead atoms. The number of nitrogens with one attached hydrogen (secondary N) is 1. The lowest BCUT2D eigenvalue weighted by atomic mass is 10.1. The van der Waals surface area contributed by atoms with Gasteiger partial charge in [-0.25, -0.2) is 4.98 Å². The lowest BCUT2D eigenvalue weighted by Crippen LogP contribution is -2.44. The number of carbonyl (C=O) groups is 1. The van der Waals surface area contributed by atoms with Crippen molar-refractivity contribution in [2.24, 2.45) is 5.92 Å². The molecule has 0 spiro atoms. The maximum atomic E-state index is 12.1. The van der Waals surface area contributed by atoms with Gasteiger partial charge < -0.3 is 24.1 Å². The van der Waals surface area contributed by atoms with Crippen LogP contribution in [-0.4, -0.2) is 67.1 Å². The van der Waals surface area contributed by atoms with Crippen molar-refractivity contribution in [3.63, 3.8) is 0 Å². The Morgan fingerprint density at radius 2 is 1.97 bits per heavy atom. The fourth-order valence-corrected chi connectivity index (χ4v) is 4.12. The summed E-state index contributed by atoms with van der Waals surface area (Å²) in [5.41, 5.74) is 0.968. The van der Waals surface area contributed by atoms with Gasteiger partial charge in [0.05, 0.1) is 25.6 Å². The first-order chi connectivity index (χ1) is 15.3. The molecule has 2 saturated heterocycles. The highest BCUT2D eigenvalue weighted by atomic mass is 16.6. The van der Waals surface area contributed by atoms with Gasteiger partial charge in [-0.3, -0.25) is 4.79 Å². The van der Waals surface area contributed by atoms with Crippen molar-refractivity contribution in [3.05, 3.63) is 43.0 Å². The molecular weight excluding hydrogens is 402 g/mol. The molecule has 4 heterocycles. The minimum absolute atomic E-state index is 0.0897. The molecule has 1 aromatic carbocycles. The third-order valence-corrected chi connectivity index (χ3v) is 5.93. The van der Waals surface area contributed by atoms with Crippen molar-refractivity contribution in [3.8, 4) is 17.4 Å². The van der Waals surface area contributed by atoms with E-state index in [4.69, 9.17) is 14.2 Å². The zero-order chi connectivity index (χ0) is 20.8. The fraction of sp³-hybridized carbons (Fsp3) is 0.450. The molecule has 4 atom stereocenters. The van der Waals surface area contributed by atoms with Crippen molar-refractivity contribution < 1.29 is 19.0 Å². The molecule has 1 amide bonds. The zero-order valence-electron chi connectivity index (χ0n) is 16.6. The third-order valence-electron chi connectivity index (χ3n) is 5.93. The van der Waals surface area contributed by atoms with Gasteiger partial charge in [0.15, 0.2) is 0 Å². The van der Waals surface area contributed by atoms with E-state index in [1.54, 1.807) is 17.2 Å². The van der Waals surface area contributed by atoms with Gasteiger partial charge in [-0.1, -0.05) is 5.10 Å². The molecule has 2 aromatic heterocycles. The van der Waals surface area contributed by atoms with Crippen LogP contribution in [0.4, 0.5) is 0 Å². The first-order valence-corrected chi connectivity index (χ1v) is 10.3. The first kappa shape index (κ1) is 18.5. The predicted molar refractivity (Wildman–Crippen MR) is 105 cm³/mol. The number of rotatable bonds is 6. The summed E-state index contributed by atoms with van der Waals surface area (Å²) in [6, 6.07) is 7.41. The van der Waals surface area contributed by atoms with Crippen molar-refractivity contribution >= 4 is 5.91 Å². The Balaban J connectivity index is 1.15. The Bertz CT molecular complexity index is 1060. The highest BCUT2D eigenvalue weighted by molar-refractivity contribution is 5.81. The lowest BCUT2D eigenvalue weighted by molar-refractivity contribution is -0.123. The van der Waals surface area contributed by atoms with Crippen LogP contribution in [0.5, 0.6) is 11.8 Å². The summed E-state index contributed by atoms with van der Waals surface area (Å²) >= 11 is 0. The van der Waals surface area contributed by atoms with Gasteiger partial charge in [-0.15, -0.1) is 0 Å². The van der Waals surface area contributed by atoms with Gasteiger partial charge in [-0.2, -0.15) is 4.68 Å². The molecule has 160 valence electrons. The van der Waals surface area contributed by atoms with Gasteiger partial charge >= 0.3 is 6.01 Å². The Morgan fingerprint density at radius 1 is 1.13 bits per heavy atom. The number of benzene rings is 1. The number of ether oxygens (including phenoxy) is 3. The maximum Gasteiger partial charge on any atom is 0.341 e. The average molecular weight is 423 g/mol. The average Bonchev–Trinajstić information content (AvgIpc) is 3.17. The molecule has 11 nitrogen and oxygen atoms in total. The van der Waals surface area contributed by atoms with Crippen LogP contribution in [0.3, 0.4) is 0 Å². The highest BCUT2D eigenvalue weighted by Gasteiger charge is 2.50. The van der Waals surface area contributed by atoms with Crippen molar-refractivity contribution in [2.45, 2.75) is 37.1 Å². The molecule has 0 unspecified atom stereocenters. The number of amides is 1. The number of fused-ring (bicyclic) bond motifs is 1. The summed E-state index contributed by atoms with van der Waals surface area (Å²) in [6.07, 6.45) is 6.78. The van der Waals surface area contributed by atoms with E-state index in [1.807, 2.05) is 35.0 Å². The number of hydrogen-bond donors (Lipinski definition) is 1. The van der Waals surface area contributed by atoms with Crippen LogP contribution in [-0.2, 0) is 14.3 Å². The topological polar surface area (TPSA) is 118 Å².